The normalized spacial score (nSPS) is 10.6. The molecular weight excluding hydrogens is 314 g/mol. The molecule has 0 aliphatic rings. The maximum absolute atomic E-state index is 11.6. The topological polar surface area (TPSA) is 98.2 Å². The second-order valence-corrected chi connectivity index (χ2v) is 5.26. The SMILES string of the molecule is COc1cc(/C=N\NC(=O)C(=O)NCC(C)C)cc(OC)c1OC. The predicted molar refractivity (Wildman–Crippen MR) is 89.7 cm³/mol. The van der Waals surface area contributed by atoms with Crippen LogP contribution in [0.15, 0.2) is 17.2 Å². The van der Waals surface area contributed by atoms with E-state index in [1.165, 1.54) is 27.5 Å². The largest absolute Gasteiger partial charge is 0.493 e. The molecule has 2 amide bonds. The molecule has 0 spiro atoms. The number of nitrogens with zero attached hydrogens (tertiary/aromatic N) is 1. The second kappa shape index (κ2) is 9.39. The Morgan fingerprint density at radius 2 is 1.67 bits per heavy atom. The average molecular weight is 337 g/mol. The zero-order chi connectivity index (χ0) is 18.1. The highest BCUT2D eigenvalue weighted by molar-refractivity contribution is 6.35. The summed E-state index contributed by atoms with van der Waals surface area (Å²) in [5, 5.41) is 6.26. The van der Waals surface area contributed by atoms with Gasteiger partial charge in [-0.05, 0) is 18.1 Å². The predicted octanol–water partition coefficient (Wildman–Crippen LogP) is 0.935. The maximum Gasteiger partial charge on any atom is 0.329 e. The zero-order valence-corrected chi connectivity index (χ0v) is 14.5. The lowest BCUT2D eigenvalue weighted by Crippen LogP contribution is -2.39. The van der Waals surface area contributed by atoms with Gasteiger partial charge in [0, 0.05) is 12.1 Å². The van der Waals surface area contributed by atoms with E-state index in [2.05, 4.69) is 15.8 Å². The van der Waals surface area contributed by atoms with E-state index in [1.807, 2.05) is 13.8 Å². The van der Waals surface area contributed by atoms with E-state index in [1.54, 1.807) is 12.1 Å². The van der Waals surface area contributed by atoms with Crippen LogP contribution in [0.1, 0.15) is 19.4 Å². The molecule has 0 heterocycles. The van der Waals surface area contributed by atoms with Crippen molar-refractivity contribution in [3.63, 3.8) is 0 Å². The Bertz CT molecular complexity index is 589. The summed E-state index contributed by atoms with van der Waals surface area (Å²) >= 11 is 0. The molecule has 0 saturated carbocycles. The van der Waals surface area contributed by atoms with Crippen LogP contribution >= 0.6 is 0 Å². The second-order valence-electron chi connectivity index (χ2n) is 5.26. The van der Waals surface area contributed by atoms with Gasteiger partial charge in [-0.2, -0.15) is 5.10 Å². The summed E-state index contributed by atoms with van der Waals surface area (Å²) < 4.78 is 15.7. The molecule has 8 nitrogen and oxygen atoms in total. The molecular formula is C16H23N3O5. The van der Waals surface area contributed by atoms with Crippen LogP contribution in [0.25, 0.3) is 0 Å². The van der Waals surface area contributed by atoms with Crippen LogP contribution in [0.5, 0.6) is 17.2 Å². The Morgan fingerprint density at radius 3 is 2.12 bits per heavy atom. The number of hydrazone groups is 1. The first-order valence-corrected chi connectivity index (χ1v) is 7.34. The Balaban J connectivity index is 2.77. The molecule has 1 aromatic rings. The molecule has 24 heavy (non-hydrogen) atoms. The van der Waals surface area contributed by atoms with Crippen LogP contribution in [0.2, 0.25) is 0 Å². The summed E-state index contributed by atoms with van der Waals surface area (Å²) in [6.07, 6.45) is 1.37. The lowest BCUT2D eigenvalue weighted by Gasteiger charge is -2.12. The summed E-state index contributed by atoms with van der Waals surface area (Å²) in [5.74, 6) is 0.0578. The van der Waals surface area contributed by atoms with Crippen LogP contribution in [0.4, 0.5) is 0 Å². The number of nitrogens with one attached hydrogen (secondary N) is 2. The molecule has 0 atom stereocenters. The van der Waals surface area contributed by atoms with Gasteiger partial charge in [0.2, 0.25) is 5.75 Å². The monoisotopic (exact) mass is 337 g/mol. The zero-order valence-electron chi connectivity index (χ0n) is 14.5. The fraction of sp³-hybridized carbons (Fsp3) is 0.438. The molecule has 0 bridgehead atoms. The smallest absolute Gasteiger partial charge is 0.329 e. The van der Waals surface area contributed by atoms with E-state index in [0.717, 1.165) is 0 Å². The fourth-order valence-corrected chi connectivity index (χ4v) is 1.77. The average Bonchev–Trinajstić information content (AvgIpc) is 2.58. The third-order valence-electron chi connectivity index (χ3n) is 2.94. The molecule has 1 aromatic carbocycles. The van der Waals surface area contributed by atoms with E-state index >= 15 is 0 Å². The highest BCUT2D eigenvalue weighted by Gasteiger charge is 2.14. The van der Waals surface area contributed by atoms with Crippen molar-refractivity contribution in [1.82, 2.24) is 10.7 Å². The Hall–Kier alpha value is -2.77. The third kappa shape index (κ3) is 5.45. The van der Waals surface area contributed by atoms with Crippen molar-refractivity contribution in [2.24, 2.45) is 11.0 Å². The summed E-state index contributed by atoms with van der Waals surface area (Å²) in [4.78, 5) is 23.1. The molecule has 132 valence electrons. The Labute approximate surface area is 141 Å². The molecule has 8 heteroatoms. The molecule has 0 aromatic heterocycles. The van der Waals surface area contributed by atoms with Gasteiger partial charge >= 0.3 is 11.8 Å². The van der Waals surface area contributed by atoms with E-state index in [9.17, 15) is 9.59 Å². The van der Waals surface area contributed by atoms with Gasteiger partial charge in [-0.15, -0.1) is 0 Å². The van der Waals surface area contributed by atoms with Crippen molar-refractivity contribution in [1.29, 1.82) is 0 Å². The van der Waals surface area contributed by atoms with E-state index in [4.69, 9.17) is 14.2 Å². The van der Waals surface area contributed by atoms with Crippen LogP contribution in [0, 0.1) is 5.92 Å². The minimum absolute atomic E-state index is 0.254. The summed E-state index contributed by atoms with van der Waals surface area (Å²) in [7, 11) is 4.50. The minimum Gasteiger partial charge on any atom is -0.493 e. The van der Waals surface area contributed by atoms with Crippen LogP contribution in [-0.2, 0) is 9.59 Å². The van der Waals surface area contributed by atoms with Crippen molar-refractivity contribution in [3.8, 4) is 17.2 Å². The molecule has 0 radical (unpaired) electrons. The maximum atomic E-state index is 11.6. The first kappa shape index (κ1) is 19.3. The summed E-state index contributed by atoms with van der Waals surface area (Å²) in [6, 6.07) is 3.33. The van der Waals surface area contributed by atoms with Crippen molar-refractivity contribution < 1.29 is 23.8 Å². The molecule has 1 rings (SSSR count). The number of ether oxygens (including phenoxy) is 3. The highest BCUT2D eigenvalue weighted by Crippen LogP contribution is 2.37. The lowest BCUT2D eigenvalue weighted by atomic mass is 10.2. The summed E-state index contributed by atoms with van der Waals surface area (Å²) in [6.45, 7) is 4.28. The van der Waals surface area contributed by atoms with Gasteiger partial charge in [-0.3, -0.25) is 9.59 Å². The third-order valence-corrected chi connectivity index (χ3v) is 2.94. The number of benzene rings is 1. The molecule has 2 N–H and O–H groups in total. The Morgan fingerprint density at radius 1 is 1.08 bits per heavy atom. The molecule has 0 fully saturated rings. The van der Waals surface area contributed by atoms with Gasteiger partial charge in [-0.25, -0.2) is 5.43 Å². The molecule has 0 aliphatic carbocycles. The minimum atomic E-state index is -0.834. The first-order valence-electron chi connectivity index (χ1n) is 7.34. The standard InChI is InChI=1S/C16H23N3O5/c1-10(2)8-17-15(20)16(21)19-18-9-11-6-12(22-3)14(24-5)13(7-11)23-4/h6-7,9-10H,8H2,1-5H3,(H,17,20)(H,19,21)/b18-9-. The number of carbonyl (C=O) groups excluding carboxylic acids is 2. The number of hydrogen-bond acceptors (Lipinski definition) is 6. The number of carbonyl (C=O) groups is 2. The molecule has 0 aliphatic heterocycles. The van der Waals surface area contributed by atoms with Gasteiger partial charge in [-0.1, -0.05) is 13.8 Å². The van der Waals surface area contributed by atoms with Crippen molar-refractivity contribution in [2.45, 2.75) is 13.8 Å². The number of methoxy groups -OCH3 is 3. The van der Waals surface area contributed by atoms with Gasteiger partial charge in [0.1, 0.15) is 0 Å². The van der Waals surface area contributed by atoms with E-state index in [-0.39, 0.29) is 5.92 Å². The molecule has 0 saturated heterocycles. The van der Waals surface area contributed by atoms with Gasteiger partial charge < -0.3 is 19.5 Å². The van der Waals surface area contributed by atoms with Gasteiger partial charge in [0.25, 0.3) is 0 Å². The van der Waals surface area contributed by atoms with E-state index < -0.39 is 11.8 Å². The quantitative estimate of drug-likeness (QED) is 0.438. The molecule has 0 unspecified atom stereocenters. The number of rotatable bonds is 7. The van der Waals surface area contributed by atoms with Crippen molar-refractivity contribution in [2.75, 3.05) is 27.9 Å². The summed E-state index contributed by atoms with van der Waals surface area (Å²) in [5.41, 5.74) is 2.77. The fourth-order valence-electron chi connectivity index (χ4n) is 1.77. The van der Waals surface area contributed by atoms with Gasteiger partial charge in [0.15, 0.2) is 11.5 Å². The van der Waals surface area contributed by atoms with Crippen LogP contribution in [-0.4, -0.2) is 45.9 Å². The van der Waals surface area contributed by atoms with Gasteiger partial charge in [0.05, 0.1) is 27.5 Å². The van der Waals surface area contributed by atoms with Crippen molar-refractivity contribution >= 4 is 18.0 Å². The van der Waals surface area contributed by atoms with Crippen LogP contribution in [0.3, 0.4) is 0 Å². The lowest BCUT2D eigenvalue weighted by molar-refractivity contribution is -0.139. The van der Waals surface area contributed by atoms with E-state index in [0.29, 0.717) is 29.4 Å². The highest BCUT2D eigenvalue weighted by atomic mass is 16.5. The van der Waals surface area contributed by atoms with Crippen molar-refractivity contribution in [3.05, 3.63) is 17.7 Å². The first-order chi connectivity index (χ1) is 11.4. The Kier molecular flexibility index (Phi) is 7.54. The number of hydrogen-bond donors (Lipinski definition) is 2. The van der Waals surface area contributed by atoms with Crippen LogP contribution < -0.4 is 25.0 Å². The number of amides is 2.